The van der Waals surface area contributed by atoms with E-state index in [2.05, 4.69) is 0 Å². The first-order valence-corrected chi connectivity index (χ1v) is 8.36. The van der Waals surface area contributed by atoms with Crippen molar-refractivity contribution in [3.05, 3.63) is 0 Å². The third-order valence-electron chi connectivity index (χ3n) is 6.06. The number of ether oxygens (including phenoxy) is 1. The minimum absolute atomic E-state index is 0.0264. The van der Waals surface area contributed by atoms with E-state index in [-0.39, 0.29) is 30.4 Å². The standard InChI is InChI=1S/C16H26F3NO/c17-16(18,19)13-4-1-3-11(9-13)14(20)12-5-8-21-15(10-12)6-2-7-15/h11-14H,1-10,20H2. The molecule has 1 spiro atoms. The van der Waals surface area contributed by atoms with Crippen molar-refractivity contribution in [3.63, 3.8) is 0 Å². The molecule has 21 heavy (non-hydrogen) atoms. The molecule has 0 aromatic rings. The van der Waals surface area contributed by atoms with Crippen LogP contribution in [0.25, 0.3) is 0 Å². The number of hydrogen-bond donors (Lipinski definition) is 1. The van der Waals surface area contributed by atoms with Gasteiger partial charge in [-0.15, -0.1) is 0 Å². The molecule has 122 valence electrons. The van der Waals surface area contributed by atoms with Crippen molar-refractivity contribution in [2.45, 2.75) is 75.6 Å². The van der Waals surface area contributed by atoms with E-state index in [9.17, 15) is 13.2 Å². The molecule has 1 saturated heterocycles. The minimum atomic E-state index is -4.05. The summed E-state index contributed by atoms with van der Waals surface area (Å²) < 4.78 is 44.7. The summed E-state index contributed by atoms with van der Waals surface area (Å²) in [5.74, 6) is -0.763. The van der Waals surface area contributed by atoms with Gasteiger partial charge in [-0.2, -0.15) is 13.2 Å². The van der Waals surface area contributed by atoms with Crippen LogP contribution in [0.5, 0.6) is 0 Å². The van der Waals surface area contributed by atoms with Crippen molar-refractivity contribution < 1.29 is 17.9 Å². The summed E-state index contributed by atoms with van der Waals surface area (Å²) in [6.07, 6.45) is 3.27. The SMILES string of the molecule is NC(C1CCCC(C(F)(F)F)C1)C1CCOC2(CCC2)C1. The maximum Gasteiger partial charge on any atom is 0.391 e. The fourth-order valence-electron chi connectivity index (χ4n) is 4.57. The molecule has 4 atom stereocenters. The van der Waals surface area contributed by atoms with E-state index in [1.165, 1.54) is 6.42 Å². The maximum atomic E-state index is 12.9. The predicted molar refractivity (Wildman–Crippen MR) is 74.7 cm³/mol. The van der Waals surface area contributed by atoms with Crippen LogP contribution in [-0.4, -0.2) is 24.4 Å². The van der Waals surface area contributed by atoms with Gasteiger partial charge in [0, 0.05) is 12.6 Å². The minimum Gasteiger partial charge on any atom is -0.375 e. The second kappa shape index (κ2) is 5.73. The molecule has 0 aromatic carbocycles. The van der Waals surface area contributed by atoms with Gasteiger partial charge in [-0.1, -0.05) is 6.42 Å². The number of rotatable bonds is 2. The smallest absolute Gasteiger partial charge is 0.375 e. The molecule has 0 bridgehead atoms. The summed E-state index contributed by atoms with van der Waals surface area (Å²) in [7, 11) is 0. The molecular weight excluding hydrogens is 279 g/mol. The lowest BCUT2D eigenvalue weighted by Gasteiger charge is -2.49. The van der Waals surface area contributed by atoms with Crippen molar-refractivity contribution in [3.8, 4) is 0 Å². The van der Waals surface area contributed by atoms with Crippen LogP contribution >= 0.6 is 0 Å². The molecule has 3 aliphatic rings. The van der Waals surface area contributed by atoms with Gasteiger partial charge >= 0.3 is 6.18 Å². The van der Waals surface area contributed by atoms with Gasteiger partial charge in [-0.25, -0.2) is 0 Å². The van der Waals surface area contributed by atoms with Gasteiger partial charge in [0.2, 0.25) is 0 Å². The first kappa shape index (κ1) is 15.6. The topological polar surface area (TPSA) is 35.2 Å². The molecule has 3 fully saturated rings. The second-order valence-corrected chi connectivity index (χ2v) is 7.38. The van der Waals surface area contributed by atoms with Crippen LogP contribution in [0.1, 0.15) is 57.8 Å². The highest BCUT2D eigenvalue weighted by Crippen LogP contribution is 2.47. The average molecular weight is 305 g/mol. The molecule has 3 rings (SSSR count). The van der Waals surface area contributed by atoms with Gasteiger partial charge in [0.25, 0.3) is 0 Å². The van der Waals surface area contributed by atoms with E-state index in [0.717, 1.165) is 38.7 Å². The fourth-order valence-corrected chi connectivity index (χ4v) is 4.57. The van der Waals surface area contributed by atoms with Gasteiger partial charge in [0.1, 0.15) is 0 Å². The second-order valence-electron chi connectivity index (χ2n) is 7.38. The Balaban J connectivity index is 1.60. The Labute approximate surface area is 124 Å². The zero-order valence-electron chi connectivity index (χ0n) is 12.5. The lowest BCUT2D eigenvalue weighted by Crippen LogP contribution is -2.51. The van der Waals surface area contributed by atoms with Gasteiger partial charge in [-0.3, -0.25) is 0 Å². The Bertz CT molecular complexity index is 367. The van der Waals surface area contributed by atoms with Crippen molar-refractivity contribution in [2.24, 2.45) is 23.5 Å². The lowest BCUT2D eigenvalue weighted by molar-refractivity contribution is -0.188. The lowest BCUT2D eigenvalue weighted by atomic mass is 9.67. The molecule has 2 saturated carbocycles. The third kappa shape index (κ3) is 3.24. The van der Waals surface area contributed by atoms with E-state index in [4.69, 9.17) is 10.5 Å². The van der Waals surface area contributed by atoms with E-state index >= 15 is 0 Å². The highest BCUT2D eigenvalue weighted by Gasteiger charge is 2.47. The molecule has 0 aromatic heterocycles. The summed E-state index contributed by atoms with van der Waals surface area (Å²) in [6.45, 7) is 0.730. The zero-order valence-corrected chi connectivity index (χ0v) is 12.5. The van der Waals surface area contributed by atoms with Crippen LogP contribution in [-0.2, 0) is 4.74 Å². The Kier molecular flexibility index (Phi) is 4.25. The van der Waals surface area contributed by atoms with Gasteiger partial charge in [0.05, 0.1) is 11.5 Å². The van der Waals surface area contributed by atoms with E-state index < -0.39 is 12.1 Å². The molecule has 2 nitrogen and oxygen atoms in total. The van der Waals surface area contributed by atoms with Gasteiger partial charge in [0.15, 0.2) is 0 Å². The Morgan fingerprint density at radius 1 is 1.05 bits per heavy atom. The fraction of sp³-hybridized carbons (Fsp3) is 1.00. The first-order valence-electron chi connectivity index (χ1n) is 8.36. The molecule has 0 amide bonds. The molecule has 0 radical (unpaired) electrons. The predicted octanol–water partition coefficient (Wildman–Crippen LogP) is 4.03. The summed E-state index contributed by atoms with van der Waals surface area (Å²) in [4.78, 5) is 0. The monoisotopic (exact) mass is 305 g/mol. The molecule has 5 heteroatoms. The highest BCUT2D eigenvalue weighted by atomic mass is 19.4. The Hall–Kier alpha value is -0.290. The highest BCUT2D eigenvalue weighted by molar-refractivity contribution is 4.98. The van der Waals surface area contributed by atoms with Crippen LogP contribution in [0.15, 0.2) is 0 Å². The van der Waals surface area contributed by atoms with E-state index in [1.54, 1.807) is 0 Å². The number of hydrogen-bond acceptors (Lipinski definition) is 2. The van der Waals surface area contributed by atoms with Crippen LogP contribution in [0.3, 0.4) is 0 Å². The summed E-state index contributed by atoms with van der Waals surface area (Å²) in [6, 6.07) is -0.0866. The largest absolute Gasteiger partial charge is 0.391 e. The maximum absolute atomic E-state index is 12.9. The molecule has 2 N–H and O–H groups in total. The molecule has 4 unspecified atom stereocenters. The molecular formula is C16H26F3NO. The molecule has 2 aliphatic carbocycles. The van der Waals surface area contributed by atoms with Gasteiger partial charge in [-0.05, 0) is 63.2 Å². The van der Waals surface area contributed by atoms with Gasteiger partial charge < -0.3 is 10.5 Å². The van der Waals surface area contributed by atoms with Crippen LogP contribution in [0.4, 0.5) is 13.2 Å². The Morgan fingerprint density at radius 2 is 1.81 bits per heavy atom. The number of nitrogens with two attached hydrogens (primary N) is 1. The summed E-state index contributed by atoms with van der Waals surface area (Å²) in [5.41, 5.74) is 6.43. The van der Waals surface area contributed by atoms with Crippen molar-refractivity contribution in [1.82, 2.24) is 0 Å². The van der Waals surface area contributed by atoms with Crippen LogP contribution in [0, 0.1) is 17.8 Å². The first-order chi connectivity index (χ1) is 9.90. The third-order valence-corrected chi connectivity index (χ3v) is 6.06. The summed E-state index contributed by atoms with van der Waals surface area (Å²) in [5, 5.41) is 0. The quantitative estimate of drug-likeness (QED) is 0.836. The van der Waals surface area contributed by atoms with Crippen LogP contribution in [0.2, 0.25) is 0 Å². The summed E-state index contributed by atoms with van der Waals surface area (Å²) >= 11 is 0. The van der Waals surface area contributed by atoms with Crippen molar-refractivity contribution in [1.29, 1.82) is 0 Å². The molecule has 1 heterocycles. The average Bonchev–Trinajstić information content (AvgIpc) is 2.44. The Morgan fingerprint density at radius 3 is 2.43 bits per heavy atom. The van der Waals surface area contributed by atoms with Crippen molar-refractivity contribution in [2.75, 3.05) is 6.61 Å². The van der Waals surface area contributed by atoms with Crippen molar-refractivity contribution >= 4 is 0 Å². The normalized spacial score (nSPS) is 38.0. The van der Waals surface area contributed by atoms with Crippen LogP contribution < -0.4 is 5.73 Å². The number of alkyl halides is 3. The van der Waals surface area contributed by atoms with E-state index in [1.807, 2.05) is 0 Å². The van der Waals surface area contributed by atoms with E-state index in [0.29, 0.717) is 12.3 Å². The zero-order chi connectivity index (χ0) is 15.1. The molecule has 1 aliphatic heterocycles. The number of halogens is 3.